The van der Waals surface area contributed by atoms with Crippen LogP contribution < -0.4 is 10.9 Å². The fourth-order valence-corrected chi connectivity index (χ4v) is 3.14. The van der Waals surface area contributed by atoms with Crippen molar-refractivity contribution in [2.75, 3.05) is 0 Å². The number of nitrogens with zero attached hydrogens (tertiary/aromatic N) is 4. The second-order valence-electron chi connectivity index (χ2n) is 7.04. The number of nitro groups is 1. The van der Waals surface area contributed by atoms with Gasteiger partial charge in [-0.2, -0.15) is 0 Å². The predicted molar refractivity (Wildman–Crippen MR) is 120 cm³/mol. The standard InChI is InChI=1S/C23H18N6O4/c1-15-12-13-18(29(32)33)14-19(15)22(30)25-26-23(31)20-24-21(16-8-4-2-5-9-16)28(27-20)17-10-6-3-7-11-17/h2-14H,1H3,(H,25,30)(H,26,31). The van der Waals surface area contributed by atoms with Crippen LogP contribution in [0.2, 0.25) is 0 Å². The van der Waals surface area contributed by atoms with E-state index in [4.69, 9.17) is 0 Å². The maximum atomic E-state index is 12.7. The zero-order valence-corrected chi connectivity index (χ0v) is 17.4. The number of hydrazine groups is 1. The topological polar surface area (TPSA) is 132 Å². The molecule has 0 saturated heterocycles. The molecule has 0 spiro atoms. The van der Waals surface area contributed by atoms with Crippen molar-refractivity contribution >= 4 is 17.5 Å². The van der Waals surface area contributed by atoms with Gasteiger partial charge in [0.2, 0.25) is 5.82 Å². The van der Waals surface area contributed by atoms with E-state index >= 15 is 0 Å². The van der Waals surface area contributed by atoms with E-state index in [1.807, 2.05) is 60.7 Å². The van der Waals surface area contributed by atoms with Crippen LogP contribution in [0.15, 0.2) is 78.9 Å². The van der Waals surface area contributed by atoms with E-state index < -0.39 is 16.7 Å². The number of carbonyl (C=O) groups excluding carboxylic acids is 2. The Kier molecular flexibility index (Phi) is 5.90. The molecule has 0 aliphatic heterocycles. The Balaban J connectivity index is 1.58. The Hall–Kier alpha value is -4.86. The summed E-state index contributed by atoms with van der Waals surface area (Å²) in [6, 6.07) is 22.4. The van der Waals surface area contributed by atoms with Crippen LogP contribution in [0.1, 0.15) is 26.5 Å². The minimum Gasteiger partial charge on any atom is -0.267 e. The number of non-ortho nitro benzene ring substituents is 1. The molecule has 33 heavy (non-hydrogen) atoms. The van der Waals surface area contributed by atoms with Crippen LogP contribution in [-0.4, -0.2) is 31.5 Å². The van der Waals surface area contributed by atoms with Gasteiger partial charge in [-0.05, 0) is 24.6 Å². The number of para-hydroxylation sites is 1. The number of nitro benzene ring substituents is 1. The van der Waals surface area contributed by atoms with Gasteiger partial charge in [0.15, 0.2) is 5.82 Å². The summed E-state index contributed by atoms with van der Waals surface area (Å²) in [6.45, 7) is 1.63. The van der Waals surface area contributed by atoms with Gasteiger partial charge in [-0.25, -0.2) is 9.67 Å². The van der Waals surface area contributed by atoms with Crippen molar-refractivity contribution in [3.63, 3.8) is 0 Å². The summed E-state index contributed by atoms with van der Waals surface area (Å²) in [5.74, 6) is -1.14. The normalized spacial score (nSPS) is 10.5. The molecule has 0 bridgehead atoms. The Morgan fingerprint density at radius 2 is 1.55 bits per heavy atom. The van der Waals surface area contributed by atoms with E-state index in [2.05, 4.69) is 20.9 Å². The van der Waals surface area contributed by atoms with Gasteiger partial charge < -0.3 is 0 Å². The lowest BCUT2D eigenvalue weighted by atomic mass is 10.1. The van der Waals surface area contributed by atoms with Crippen molar-refractivity contribution in [3.05, 3.63) is 106 Å². The SMILES string of the molecule is Cc1ccc([N+](=O)[O-])cc1C(=O)NNC(=O)c1nc(-c2ccccc2)n(-c2ccccc2)n1. The van der Waals surface area contributed by atoms with Crippen LogP contribution in [0, 0.1) is 17.0 Å². The molecule has 2 N–H and O–H groups in total. The van der Waals surface area contributed by atoms with Gasteiger partial charge in [0.05, 0.1) is 16.2 Å². The lowest BCUT2D eigenvalue weighted by Crippen LogP contribution is -2.42. The van der Waals surface area contributed by atoms with E-state index in [1.165, 1.54) is 16.8 Å². The van der Waals surface area contributed by atoms with Gasteiger partial charge >= 0.3 is 5.91 Å². The van der Waals surface area contributed by atoms with Crippen molar-refractivity contribution in [3.8, 4) is 17.1 Å². The third-order valence-corrected chi connectivity index (χ3v) is 4.81. The number of nitrogens with one attached hydrogen (secondary N) is 2. The highest BCUT2D eigenvalue weighted by molar-refractivity contribution is 5.99. The summed E-state index contributed by atoms with van der Waals surface area (Å²) in [6.07, 6.45) is 0. The number of aromatic nitrogens is 3. The fourth-order valence-electron chi connectivity index (χ4n) is 3.14. The van der Waals surface area contributed by atoms with Crippen LogP contribution in [0.5, 0.6) is 0 Å². The Bertz CT molecular complexity index is 1280. The van der Waals surface area contributed by atoms with Crippen LogP contribution in [0.4, 0.5) is 5.69 Å². The van der Waals surface area contributed by atoms with Crippen LogP contribution >= 0.6 is 0 Å². The van der Waals surface area contributed by atoms with E-state index in [9.17, 15) is 19.7 Å². The highest BCUT2D eigenvalue weighted by Crippen LogP contribution is 2.21. The fraction of sp³-hybridized carbons (Fsp3) is 0.0435. The summed E-state index contributed by atoms with van der Waals surface area (Å²) in [7, 11) is 0. The smallest absolute Gasteiger partial charge is 0.267 e. The first-order valence-corrected chi connectivity index (χ1v) is 9.87. The quantitative estimate of drug-likeness (QED) is 0.360. The van der Waals surface area contributed by atoms with E-state index in [0.717, 1.165) is 11.6 Å². The van der Waals surface area contributed by atoms with E-state index in [0.29, 0.717) is 17.1 Å². The first-order valence-electron chi connectivity index (χ1n) is 9.87. The summed E-state index contributed by atoms with van der Waals surface area (Å²) in [5.41, 5.74) is 6.35. The van der Waals surface area contributed by atoms with Gasteiger partial charge in [-0.1, -0.05) is 54.6 Å². The third kappa shape index (κ3) is 4.59. The van der Waals surface area contributed by atoms with Gasteiger partial charge in [-0.15, -0.1) is 5.10 Å². The first-order chi connectivity index (χ1) is 15.9. The van der Waals surface area contributed by atoms with Crippen LogP contribution in [-0.2, 0) is 0 Å². The highest BCUT2D eigenvalue weighted by atomic mass is 16.6. The van der Waals surface area contributed by atoms with Crippen molar-refractivity contribution in [1.29, 1.82) is 0 Å². The summed E-state index contributed by atoms with van der Waals surface area (Å²) < 4.78 is 1.54. The highest BCUT2D eigenvalue weighted by Gasteiger charge is 2.20. The van der Waals surface area contributed by atoms with E-state index in [1.54, 1.807) is 6.92 Å². The largest absolute Gasteiger partial charge is 0.309 e. The molecule has 164 valence electrons. The number of carbonyl (C=O) groups is 2. The molecule has 10 nitrogen and oxygen atoms in total. The molecule has 0 atom stereocenters. The number of benzene rings is 3. The van der Waals surface area contributed by atoms with Crippen LogP contribution in [0.3, 0.4) is 0 Å². The molecule has 0 aliphatic carbocycles. The minimum absolute atomic E-state index is 0.0669. The molecular formula is C23H18N6O4. The molecule has 1 aromatic heterocycles. The van der Waals surface area contributed by atoms with Gasteiger partial charge in [0.1, 0.15) is 0 Å². The van der Waals surface area contributed by atoms with Crippen molar-refractivity contribution in [2.24, 2.45) is 0 Å². The van der Waals surface area contributed by atoms with Gasteiger partial charge in [0.25, 0.3) is 11.6 Å². The van der Waals surface area contributed by atoms with Crippen LogP contribution in [0.25, 0.3) is 17.1 Å². The Morgan fingerprint density at radius 1 is 0.909 bits per heavy atom. The van der Waals surface area contributed by atoms with E-state index in [-0.39, 0.29) is 17.1 Å². The minimum atomic E-state index is -0.738. The van der Waals surface area contributed by atoms with Crippen molar-refractivity contribution in [2.45, 2.75) is 6.92 Å². The van der Waals surface area contributed by atoms with Crippen molar-refractivity contribution in [1.82, 2.24) is 25.6 Å². The maximum absolute atomic E-state index is 12.7. The average molecular weight is 442 g/mol. The number of aryl methyl sites for hydroxylation is 1. The molecule has 0 radical (unpaired) electrons. The lowest BCUT2D eigenvalue weighted by Gasteiger charge is -2.07. The zero-order valence-electron chi connectivity index (χ0n) is 17.4. The number of rotatable bonds is 5. The molecule has 4 rings (SSSR count). The molecule has 3 aromatic carbocycles. The van der Waals surface area contributed by atoms with Crippen molar-refractivity contribution < 1.29 is 14.5 Å². The molecule has 0 saturated carbocycles. The average Bonchev–Trinajstić information content (AvgIpc) is 3.29. The summed E-state index contributed by atoms with van der Waals surface area (Å²) >= 11 is 0. The molecular weight excluding hydrogens is 424 g/mol. The monoisotopic (exact) mass is 442 g/mol. The zero-order chi connectivity index (χ0) is 23.4. The molecule has 10 heteroatoms. The second kappa shape index (κ2) is 9.10. The predicted octanol–water partition coefficient (Wildman–Crippen LogP) is 3.23. The molecule has 0 unspecified atom stereocenters. The molecule has 4 aromatic rings. The number of hydrogen-bond acceptors (Lipinski definition) is 6. The van der Waals surface area contributed by atoms with Gasteiger partial charge in [0, 0.05) is 17.7 Å². The summed E-state index contributed by atoms with van der Waals surface area (Å²) in [4.78, 5) is 39.9. The lowest BCUT2D eigenvalue weighted by molar-refractivity contribution is -0.384. The third-order valence-electron chi connectivity index (χ3n) is 4.81. The molecule has 0 fully saturated rings. The molecule has 0 aliphatic rings. The first kappa shape index (κ1) is 21.4. The molecule has 2 amide bonds. The second-order valence-corrected chi connectivity index (χ2v) is 7.04. The Labute approximate surface area is 188 Å². The molecule has 1 heterocycles. The number of hydrogen-bond donors (Lipinski definition) is 2. The number of amides is 2. The Morgan fingerprint density at radius 3 is 2.21 bits per heavy atom. The summed E-state index contributed by atoms with van der Waals surface area (Å²) in [5, 5.41) is 15.3. The maximum Gasteiger partial charge on any atom is 0.309 e. The van der Waals surface area contributed by atoms with Gasteiger partial charge in [-0.3, -0.25) is 30.6 Å².